The van der Waals surface area contributed by atoms with Crippen LogP contribution in [0.15, 0.2) is 12.1 Å². The molecule has 0 aromatic carbocycles. The van der Waals surface area contributed by atoms with Gasteiger partial charge in [-0.05, 0) is 0 Å². The van der Waals surface area contributed by atoms with E-state index in [1.54, 1.807) is 6.07 Å². The lowest BCUT2D eigenvalue weighted by Crippen LogP contribution is -2.44. The summed E-state index contributed by atoms with van der Waals surface area (Å²) in [6.45, 7) is 8.68. The summed E-state index contributed by atoms with van der Waals surface area (Å²) in [7, 11) is 0. The van der Waals surface area contributed by atoms with Crippen molar-refractivity contribution in [3.63, 3.8) is 0 Å². The second-order valence-electron chi connectivity index (χ2n) is 6.78. The quantitative estimate of drug-likeness (QED) is 0.874. The molecule has 1 fully saturated rings. The molecule has 0 unspecified atom stereocenters. The molecule has 0 aliphatic carbocycles. The molecule has 1 saturated heterocycles. The van der Waals surface area contributed by atoms with E-state index in [2.05, 4.69) is 15.4 Å². The number of rotatable bonds is 1. The number of nitrogens with one attached hydrogen (secondary N) is 1. The fraction of sp³-hybridized carbons (Fsp3) is 0.600. The second-order valence-corrected chi connectivity index (χ2v) is 6.78. The average molecular weight is 327 g/mol. The van der Waals surface area contributed by atoms with E-state index in [1.807, 2.05) is 25.7 Å². The van der Waals surface area contributed by atoms with Crippen molar-refractivity contribution in [3.8, 4) is 0 Å². The molecule has 0 atom stereocenters. The maximum atomic E-state index is 13.2. The lowest BCUT2D eigenvalue weighted by molar-refractivity contribution is -0.141. The Morgan fingerprint density at radius 1 is 1.04 bits per heavy atom. The summed E-state index contributed by atoms with van der Waals surface area (Å²) in [5.41, 5.74) is -0.176. The predicted octanol–water partition coefficient (Wildman–Crippen LogP) is 2.46. The fourth-order valence-corrected chi connectivity index (χ4v) is 2.59. The van der Waals surface area contributed by atoms with Crippen LogP contribution in [0.4, 0.5) is 19.0 Å². The molecule has 23 heavy (non-hydrogen) atoms. The first-order valence-electron chi connectivity index (χ1n) is 7.60. The summed E-state index contributed by atoms with van der Waals surface area (Å²) in [5.74, 6) is 0.444. The van der Waals surface area contributed by atoms with Gasteiger partial charge in [0, 0.05) is 43.7 Å². The summed E-state index contributed by atoms with van der Waals surface area (Å²) in [4.78, 5) is 5.69. The Morgan fingerprint density at radius 3 is 2.26 bits per heavy atom. The molecule has 3 heterocycles. The van der Waals surface area contributed by atoms with Gasteiger partial charge in [0.05, 0.1) is 5.69 Å². The van der Waals surface area contributed by atoms with Gasteiger partial charge in [-0.25, -0.2) is 4.98 Å². The van der Waals surface area contributed by atoms with Gasteiger partial charge in [0.15, 0.2) is 11.3 Å². The molecular formula is C15H20F3N5. The third-order valence-electron chi connectivity index (χ3n) is 3.91. The number of anilines is 1. The predicted molar refractivity (Wildman–Crippen MR) is 81.8 cm³/mol. The molecule has 8 heteroatoms. The van der Waals surface area contributed by atoms with Crippen LogP contribution < -0.4 is 10.2 Å². The lowest BCUT2D eigenvalue weighted by Gasteiger charge is -2.29. The molecule has 2 aromatic heterocycles. The van der Waals surface area contributed by atoms with Crippen molar-refractivity contribution >= 4 is 11.5 Å². The third kappa shape index (κ3) is 3.12. The van der Waals surface area contributed by atoms with E-state index in [0.717, 1.165) is 24.8 Å². The molecule has 126 valence electrons. The first-order valence-corrected chi connectivity index (χ1v) is 7.60. The summed E-state index contributed by atoms with van der Waals surface area (Å²) >= 11 is 0. The van der Waals surface area contributed by atoms with Gasteiger partial charge in [-0.3, -0.25) is 0 Å². The third-order valence-corrected chi connectivity index (χ3v) is 3.91. The molecule has 0 spiro atoms. The zero-order chi connectivity index (χ0) is 16.8. The number of halogens is 3. The van der Waals surface area contributed by atoms with Crippen LogP contribution in [0.1, 0.15) is 32.2 Å². The Balaban J connectivity index is 2.19. The zero-order valence-corrected chi connectivity index (χ0v) is 13.4. The molecule has 1 N–H and O–H groups in total. The van der Waals surface area contributed by atoms with Crippen molar-refractivity contribution in [2.24, 2.45) is 0 Å². The number of aromatic nitrogens is 3. The molecule has 0 bridgehead atoms. The molecule has 3 rings (SSSR count). The van der Waals surface area contributed by atoms with Crippen molar-refractivity contribution in [2.75, 3.05) is 31.1 Å². The number of hydrogen-bond acceptors (Lipinski definition) is 4. The minimum absolute atomic E-state index is 0.235. The Morgan fingerprint density at radius 2 is 1.70 bits per heavy atom. The van der Waals surface area contributed by atoms with E-state index in [4.69, 9.17) is 0 Å². The molecule has 5 nitrogen and oxygen atoms in total. The highest BCUT2D eigenvalue weighted by atomic mass is 19.4. The highest BCUT2D eigenvalue weighted by Crippen LogP contribution is 2.32. The lowest BCUT2D eigenvalue weighted by atomic mass is 9.93. The van der Waals surface area contributed by atoms with Gasteiger partial charge in [-0.1, -0.05) is 20.8 Å². The Kier molecular flexibility index (Phi) is 3.74. The Labute approximate surface area is 132 Å². The highest BCUT2D eigenvalue weighted by molar-refractivity contribution is 5.53. The molecule has 2 aromatic rings. The van der Waals surface area contributed by atoms with E-state index in [9.17, 15) is 13.2 Å². The maximum Gasteiger partial charge on any atom is 0.433 e. The van der Waals surface area contributed by atoms with Crippen LogP contribution >= 0.6 is 0 Å². The van der Waals surface area contributed by atoms with Crippen LogP contribution in [0.5, 0.6) is 0 Å². The largest absolute Gasteiger partial charge is 0.433 e. The molecule has 0 saturated carbocycles. The highest BCUT2D eigenvalue weighted by Gasteiger charge is 2.35. The maximum absolute atomic E-state index is 13.2. The van der Waals surface area contributed by atoms with E-state index in [0.29, 0.717) is 18.9 Å². The number of fused-ring (bicyclic) bond motifs is 1. The van der Waals surface area contributed by atoms with Crippen molar-refractivity contribution in [3.05, 3.63) is 23.5 Å². The molecule has 1 aliphatic heterocycles. The number of hydrogen-bond donors (Lipinski definition) is 1. The molecule has 0 amide bonds. The summed E-state index contributed by atoms with van der Waals surface area (Å²) in [5, 5.41) is 7.70. The summed E-state index contributed by atoms with van der Waals surface area (Å²) in [6.07, 6.45) is -4.48. The average Bonchev–Trinajstić information content (AvgIpc) is 2.90. The zero-order valence-electron chi connectivity index (χ0n) is 13.4. The molecule has 0 radical (unpaired) electrons. The van der Waals surface area contributed by atoms with Crippen LogP contribution in [0.25, 0.3) is 5.65 Å². The second kappa shape index (κ2) is 5.36. The van der Waals surface area contributed by atoms with Gasteiger partial charge in [0.2, 0.25) is 0 Å². The number of piperazine rings is 1. The van der Waals surface area contributed by atoms with Gasteiger partial charge >= 0.3 is 6.18 Å². The monoisotopic (exact) mass is 327 g/mol. The summed E-state index contributed by atoms with van der Waals surface area (Å²) < 4.78 is 41.1. The first-order chi connectivity index (χ1) is 10.7. The van der Waals surface area contributed by atoms with Crippen molar-refractivity contribution < 1.29 is 13.2 Å². The van der Waals surface area contributed by atoms with Crippen LogP contribution in [0.3, 0.4) is 0 Å². The van der Waals surface area contributed by atoms with Crippen LogP contribution in [-0.4, -0.2) is 40.8 Å². The van der Waals surface area contributed by atoms with Crippen molar-refractivity contribution in [2.45, 2.75) is 32.4 Å². The normalized spacial score (nSPS) is 17.0. The first kappa shape index (κ1) is 16.0. The Bertz CT molecular complexity index is 708. The number of nitrogens with zero attached hydrogens (tertiary/aromatic N) is 4. The topological polar surface area (TPSA) is 45.5 Å². The van der Waals surface area contributed by atoms with Gasteiger partial charge in [0.1, 0.15) is 5.82 Å². The van der Waals surface area contributed by atoms with E-state index in [-0.39, 0.29) is 11.1 Å². The van der Waals surface area contributed by atoms with Crippen molar-refractivity contribution in [1.29, 1.82) is 0 Å². The van der Waals surface area contributed by atoms with Gasteiger partial charge in [-0.2, -0.15) is 22.8 Å². The molecule has 1 aliphatic rings. The van der Waals surface area contributed by atoms with Crippen LogP contribution in [0, 0.1) is 0 Å². The molecular weight excluding hydrogens is 307 g/mol. The van der Waals surface area contributed by atoms with Crippen LogP contribution in [0.2, 0.25) is 0 Å². The number of alkyl halides is 3. The Hall–Kier alpha value is -1.83. The van der Waals surface area contributed by atoms with Gasteiger partial charge in [-0.15, -0.1) is 0 Å². The van der Waals surface area contributed by atoms with E-state index >= 15 is 0 Å². The SMILES string of the molecule is CC(C)(C)c1cc2nc(C(F)(F)F)cc(N3CCNCC3)n2n1. The smallest absolute Gasteiger partial charge is 0.354 e. The minimum Gasteiger partial charge on any atom is -0.354 e. The minimum atomic E-state index is -4.48. The van der Waals surface area contributed by atoms with Gasteiger partial charge in [0.25, 0.3) is 0 Å². The standard InChI is InChI=1S/C15H20F3N5/c1-14(2,3)10-8-12-20-11(15(16,17)18)9-13(23(12)21-10)22-6-4-19-5-7-22/h8-9,19H,4-7H2,1-3H3. The summed E-state index contributed by atoms with van der Waals surface area (Å²) in [6, 6.07) is 2.73. The van der Waals surface area contributed by atoms with Crippen molar-refractivity contribution in [1.82, 2.24) is 19.9 Å². The fourth-order valence-electron chi connectivity index (χ4n) is 2.59. The van der Waals surface area contributed by atoms with E-state index in [1.165, 1.54) is 4.52 Å². The van der Waals surface area contributed by atoms with Crippen LogP contribution in [-0.2, 0) is 11.6 Å². The van der Waals surface area contributed by atoms with E-state index < -0.39 is 11.9 Å². The van der Waals surface area contributed by atoms with Gasteiger partial charge < -0.3 is 10.2 Å².